The molecule has 0 aromatic heterocycles. The molecule has 9 atom stereocenters. The highest BCUT2D eigenvalue weighted by atomic mass is 35.5. The van der Waals surface area contributed by atoms with Crippen LogP contribution >= 0.6 is 23.4 Å². The number of halogens is 4. The van der Waals surface area contributed by atoms with Crippen molar-refractivity contribution in [3.05, 3.63) is 53.1 Å². The molecule has 5 nitrogen and oxygen atoms in total. The van der Waals surface area contributed by atoms with Gasteiger partial charge in [-0.15, -0.1) is 0 Å². The number of alkyl halides is 3. The number of carbonyl (C=O) groups excluding carboxylic acids is 2. The van der Waals surface area contributed by atoms with Crippen LogP contribution in [0.3, 0.4) is 0 Å². The Hall–Kier alpha value is -1.81. The molecule has 5 rings (SSSR count). The minimum absolute atomic E-state index is 0.00629. The second-order valence-corrected chi connectivity index (χ2v) is 12.9. The smallest absolute Gasteiger partial charge is 0.195 e. The van der Waals surface area contributed by atoms with Crippen LogP contribution in [0.2, 0.25) is 5.02 Å². The lowest BCUT2D eigenvalue weighted by atomic mass is 9.45. The van der Waals surface area contributed by atoms with E-state index >= 15 is 8.78 Å². The Morgan fingerprint density at radius 1 is 1.26 bits per heavy atom. The maximum atomic E-state index is 17.4. The molecule has 2 N–H and O–H groups in total. The van der Waals surface area contributed by atoms with Crippen LogP contribution in [0.1, 0.15) is 33.1 Å². The number of ketones is 1. The molecule has 0 radical (unpaired) electrons. The fraction of sp³-hybridized carbons (Fsp3) is 0.571. The van der Waals surface area contributed by atoms with Crippen molar-refractivity contribution in [1.29, 1.82) is 0 Å². The highest BCUT2D eigenvalue weighted by molar-refractivity contribution is 8.13. The van der Waals surface area contributed by atoms with Crippen molar-refractivity contribution in [2.45, 2.75) is 51.1 Å². The van der Waals surface area contributed by atoms with Crippen LogP contribution in [0, 0.1) is 34.5 Å². The lowest BCUT2D eigenvalue weighted by molar-refractivity contribution is -0.201. The number of thioether (sulfide) groups is 1. The molecule has 3 saturated carbocycles. The van der Waals surface area contributed by atoms with Crippen molar-refractivity contribution >= 4 is 39.9 Å². The van der Waals surface area contributed by atoms with Crippen LogP contribution < -0.4 is 5.06 Å². The number of carbonyl (C=O) groups is 2. The van der Waals surface area contributed by atoms with Gasteiger partial charge in [-0.1, -0.05) is 42.4 Å². The van der Waals surface area contributed by atoms with Gasteiger partial charge in [0.05, 0.1) is 11.8 Å². The van der Waals surface area contributed by atoms with Gasteiger partial charge in [0, 0.05) is 28.8 Å². The first-order valence-electron chi connectivity index (χ1n) is 12.8. The SMILES string of the molecule is C[C@]12C[C@H](O)[C@@]3(F)[C@@H](C[C@H](F)C4=CC(=O)C=C[C@@]43C)[C@@H]1C[C@@H](CN(O)c1cccc(Cl)c1)[C@@H]2C(=O)SCF. The van der Waals surface area contributed by atoms with Crippen molar-refractivity contribution in [2.24, 2.45) is 34.5 Å². The van der Waals surface area contributed by atoms with Gasteiger partial charge in [-0.2, -0.15) is 0 Å². The third kappa shape index (κ3) is 3.99. The Labute approximate surface area is 229 Å². The quantitative estimate of drug-likeness (QED) is 0.431. The van der Waals surface area contributed by atoms with Crippen LogP contribution in [-0.2, 0) is 9.59 Å². The van der Waals surface area contributed by atoms with Gasteiger partial charge in [-0.05, 0) is 79.4 Å². The van der Waals surface area contributed by atoms with Crippen molar-refractivity contribution in [2.75, 3.05) is 17.6 Å². The lowest BCUT2D eigenvalue weighted by Gasteiger charge is -2.62. The van der Waals surface area contributed by atoms with Crippen LogP contribution in [0.25, 0.3) is 0 Å². The van der Waals surface area contributed by atoms with Crippen molar-refractivity contribution in [3.8, 4) is 0 Å². The number of allylic oxidation sites excluding steroid dienone is 4. The van der Waals surface area contributed by atoms with E-state index in [4.69, 9.17) is 11.6 Å². The first-order valence-corrected chi connectivity index (χ1v) is 14.1. The Balaban J connectivity index is 1.55. The van der Waals surface area contributed by atoms with E-state index in [9.17, 15) is 24.3 Å². The number of anilines is 1. The van der Waals surface area contributed by atoms with E-state index in [0.29, 0.717) is 22.5 Å². The van der Waals surface area contributed by atoms with Gasteiger partial charge in [-0.25, -0.2) is 13.2 Å². The molecule has 1 aromatic rings. The van der Waals surface area contributed by atoms with Crippen molar-refractivity contribution in [3.63, 3.8) is 0 Å². The Bertz CT molecular complexity index is 1210. The van der Waals surface area contributed by atoms with Gasteiger partial charge in [0.1, 0.15) is 12.2 Å². The molecule has 0 bridgehead atoms. The van der Waals surface area contributed by atoms with Gasteiger partial charge >= 0.3 is 0 Å². The minimum atomic E-state index is -2.27. The molecule has 0 spiro atoms. The summed E-state index contributed by atoms with van der Waals surface area (Å²) in [6, 6.07) is 5.61. The Kier molecular flexibility index (Phi) is 7.07. The summed E-state index contributed by atoms with van der Waals surface area (Å²) in [5.41, 5.74) is -4.32. The Morgan fingerprint density at radius 2 is 2.00 bits per heavy atom. The fourth-order valence-electron chi connectivity index (χ4n) is 8.14. The summed E-state index contributed by atoms with van der Waals surface area (Å²) < 4.78 is 46.4. The third-order valence-corrected chi connectivity index (χ3v) is 10.6. The highest BCUT2D eigenvalue weighted by Gasteiger charge is 2.73. The lowest BCUT2D eigenvalue weighted by Crippen LogP contribution is -2.68. The van der Waals surface area contributed by atoms with Crippen LogP contribution in [-0.4, -0.2) is 51.7 Å². The predicted octanol–water partition coefficient (Wildman–Crippen LogP) is 5.88. The molecule has 10 heteroatoms. The van der Waals surface area contributed by atoms with Crippen LogP contribution in [0.15, 0.2) is 48.1 Å². The normalized spacial score (nSPS) is 41.7. The number of hydroxylamine groups is 1. The summed E-state index contributed by atoms with van der Waals surface area (Å²) in [6.45, 7) is 3.31. The third-order valence-electron chi connectivity index (χ3n) is 9.77. The zero-order valence-electron chi connectivity index (χ0n) is 21.1. The fourth-order valence-corrected chi connectivity index (χ4v) is 9.07. The molecule has 3 fully saturated rings. The van der Waals surface area contributed by atoms with E-state index in [1.54, 1.807) is 31.2 Å². The first-order chi connectivity index (χ1) is 17.9. The second kappa shape index (κ2) is 9.68. The molecule has 0 unspecified atom stereocenters. The summed E-state index contributed by atoms with van der Waals surface area (Å²) >= 11 is 6.60. The van der Waals surface area contributed by atoms with E-state index in [1.807, 2.05) is 0 Å². The molecular formula is C28H31ClF3NO4S. The second-order valence-electron chi connectivity index (χ2n) is 11.6. The highest BCUT2D eigenvalue weighted by Crippen LogP contribution is 2.70. The number of aliphatic hydroxyl groups excluding tert-OH is 1. The molecule has 0 saturated heterocycles. The number of nitrogens with zero attached hydrogens (tertiary/aromatic N) is 1. The topological polar surface area (TPSA) is 77.8 Å². The van der Waals surface area contributed by atoms with Gasteiger partial charge in [-0.3, -0.25) is 19.9 Å². The number of hydrogen-bond acceptors (Lipinski definition) is 6. The summed E-state index contributed by atoms with van der Waals surface area (Å²) in [7, 11) is 0. The largest absolute Gasteiger partial charge is 0.390 e. The van der Waals surface area contributed by atoms with E-state index in [2.05, 4.69) is 0 Å². The predicted molar refractivity (Wildman–Crippen MR) is 140 cm³/mol. The van der Waals surface area contributed by atoms with E-state index in [1.165, 1.54) is 19.1 Å². The maximum Gasteiger partial charge on any atom is 0.195 e. The monoisotopic (exact) mass is 569 g/mol. The average molecular weight is 570 g/mol. The number of hydrogen-bond donors (Lipinski definition) is 2. The Morgan fingerprint density at radius 3 is 2.68 bits per heavy atom. The van der Waals surface area contributed by atoms with Gasteiger partial charge < -0.3 is 5.11 Å². The van der Waals surface area contributed by atoms with Gasteiger partial charge in [0.25, 0.3) is 0 Å². The molecule has 0 heterocycles. The molecule has 4 aliphatic rings. The zero-order valence-corrected chi connectivity index (χ0v) is 22.7. The maximum absolute atomic E-state index is 17.4. The number of rotatable bonds is 5. The van der Waals surface area contributed by atoms with E-state index in [0.717, 1.165) is 11.1 Å². The van der Waals surface area contributed by atoms with Crippen LogP contribution in [0.5, 0.6) is 0 Å². The van der Waals surface area contributed by atoms with E-state index < -0.39 is 69.4 Å². The standard InChI is InChI=1S/C28H31ClF3NO4S/c1-26-12-23(35)28(32)20(11-22(31)21-10-18(34)6-7-27(21,28)2)19(26)8-15(24(26)25(36)38-14-30)13-33(37)17-5-3-4-16(29)9-17/h3-7,9-10,15,19-20,22-24,35,37H,8,11-14H2,1-2H3/t15-,19-,20-,22-,23-,24+,26-,27-,28-/m0/s1. The van der Waals surface area contributed by atoms with Gasteiger partial charge in [0.15, 0.2) is 16.6 Å². The summed E-state index contributed by atoms with van der Waals surface area (Å²) in [6.07, 6.45) is 0.548. The number of fused-ring (bicyclic) bond motifs is 5. The van der Waals surface area contributed by atoms with Gasteiger partial charge in [0.2, 0.25) is 0 Å². The van der Waals surface area contributed by atoms with Crippen LogP contribution in [0.4, 0.5) is 18.9 Å². The molecule has 1 aromatic carbocycles. The number of aliphatic hydroxyl groups is 1. The molecule has 0 aliphatic heterocycles. The summed E-state index contributed by atoms with van der Waals surface area (Å²) in [4.78, 5) is 25.3. The summed E-state index contributed by atoms with van der Waals surface area (Å²) in [5.74, 6) is -3.21. The minimum Gasteiger partial charge on any atom is -0.390 e. The van der Waals surface area contributed by atoms with Crippen molar-refractivity contribution < 1.29 is 33.1 Å². The van der Waals surface area contributed by atoms with Crippen molar-refractivity contribution in [1.82, 2.24) is 0 Å². The summed E-state index contributed by atoms with van der Waals surface area (Å²) in [5, 5.41) is 23.3. The number of benzene rings is 1. The molecule has 206 valence electrons. The molecular weight excluding hydrogens is 539 g/mol. The van der Waals surface area contributed by atoms with E-state index in [-0.39, 0.29) is 31.4 Å². The molecule has 0 amide bonds. The zero-order chi connectivity index (χ0) is 27.6. The average Bonchev–Trinajstić information content (AvgIpc) is 3.13. The first kappa shape index (κ1) is 27.7. The molecule has 38 heavy (non-hydrogen) atoms. The molecule has 4 aliphatic carbocycles.